The molecule has 0 bridgehead atoms. The topological polar surface area (TPSA) is 76.6 Å². The summed E-state index contributed by atoms with van der Waals surface area (Å²) in [4.78, 5) is 15.8. The Morgan fingerprint density at radius 3 is 2.60 bits per heavy atom. The molecule has 0 fully saturated rings. The summed E-state index contributed by atoms with van der Waals surface area (Å²) in [5.74, 6) is -0.611. The minimum Gasteiger partial charge on any atom is -0.394 e. The van der Waals surface area contributed by atoms with Gasteiger partial charge in [0.05, 0.1) is 24.7 Å². The Bertz CT molecular complexity index is 445. The molecule has 0 aliphatic heterocycles. The number of H-pyrrole nitrogens is 1. The van der Waals surface area contributed by atoms with Gasteiger partial charge in [0.2, 0.25) is 0 Å². The highest BCUT2D eigenvalue weighted by molar-refractivity contribution is 5.95. The van der Waals surface area contributed by atoms with Crippen LogP contribution in [-0.2, 0) is 0 Å². The first-order valence-electron chi connectivity index (χ1n) is 6.03. The second-order valence-electron chi connectivity index (χ2n) is 4.47. The molecule has 1 aromatic rings. The lowest BCUT2D eigenvalue weighted by Crippen LogP contribution is -2.40. The largest absolute Gasteiger partial charge is 0.394 e. The smallest absolute Gasteiger partial charge is 0.390 e. The Morgan fingerprint density at radius 2 is 2.15 bits per heavy atom. The predicted octanol–water partition coefficient (Wildman–Crippen LogP) is 1.07. The molecule has 0 radical (unpaired) electrons. The maximum Gasteiger partial charge on any atom is 0.390 e. The first kappa shape index (κ1) is 16.5. The van der Waals surface area contributed by atoms with Crippen molar-refractivity contribution >= 4 is 5.91 Å². The number of hydrogen-bond donors (Lipinski definition) is 3. The third kappa shape index (κ3) is 4.86. The average molecular weight is 294 g/mol. The summed E-state index contributed by atoms with van der Waals surface area (Å²) in [5, 5.41) is 18.1. The summed E-state index contributed by atoms with van der Waals surface area (Å²) in [6.07, 6.45) is -5.32. The average Bonchev–Trinajstić information content (AvgIpc) is 2.78. The Balaban J connectivity index is 2.81. The van der Waals surface area contributed by atoms with Crippen molar-refractivity contribution in [2.75, 3.05) is 19.7 Å². The molecule has 1 aromatic heterocycles. The van der Waals surface area contributed by atoms with E-state index in [1.54, 1.807) is 6.92 Å². The molecule has 0 unspecified atom stereocenters. The number of carbonyl (C=O) groups is 1. The van der Waals surface area contributed by atoms with Crippen molar-refractivity contribution in [3.63, 3.8) is 0 Å². The second-order valence-corrected chi connectivity index (χ2v) is 4.47. The van der Waals surface area contributed by atoms with Crippen LogP contribution in [0.25, 0.3) is 0 Å². The van der Waals surface area contributed by atoms with Gasteiger partial charge in [-0.2, -0.15) is 13.2 Å². The molecule has 8 heteroatoms. The maximum absolute atomic E-state index is 12.3. The van der Waals surface area contributed by atoms with Gasteiger partial charge in [0, 0.05) is 25.0 Å². The molecule has 0 saturated heterocycles. The van der Waals surface area contributed by atoms with Crippen LogP contribution in [0.3, 0.4) is 0 Å². The van der Waals surface area contributed by atoms with Gasteiger partial charge >= 0.3 is 6.18 Å². The lowest BCUT2D eigenvalue weighted by molar-refractivity contribution is -0.137. The van der Waals surface area contributed by atoms with Crippen molar-refractivity contribution in [1.29, 1.82) is 0 Å². The third-order valence-electron chi connectivity index (χ3n) is 2.78. The van der Waals surface area contributed by atoms with E-state index >= 15 is 0 Å². The molecule has 0 saturated carbocycles. The second kappa shape index (κ2) is 6.76. The van der Waals surface area contributed by atoms with Gasteiger partial charge in [0.25, 0.3) is 5.91 Å². The third-order valence-corrected chi connectivity index (χ3v) is 2.78. The van der Waals surface area contributed by atoms with Gasteiger partial charge in [0.1, 0.15) is 0 Å². The fourth-order valence-corrected chi connectivity index (χ4v) is 1.70. The van der Waals surface area contributed by atoms with Gasteiger partial charge in [-0.25, -0.2) is 0 Å². The van der Waals surface area contributed by atoms with E-state index in [9.17, 15) is 23.1 Å². The number of nitrogens with one attached hydrogen (secondary N) is 1. The fraction of sp³-hybridized carbons (Fsp3) is 0.583. The number of hydrogen-bond acceptors (Lipinski definition) is 3. The first-order chi connectivity index (χ1) is 9.24. The van der Waals surface area contributed by atoms with Crippen LogP contribution in [0, 0.1) is 6.92 Å². The minimum absolute atomic E-state index is 0.248. The van der Waals surface area contributed by atoms with E-state index in [1.165, 1.54) is 12.3 Å². The van der Waals surface area contributed by atoms with Crippen molar-refractivity contribution in [1.82, 2.24) is 9.88 Å². The molecular weight excluding hydrogens is 277 g/mol. The van der Waals surface area contributed by atoms with Crippen molar-refractivity contribution in [2.24, 2.45) is 0 Å². The zero-order valence-electron chi connectivity index (χ0n) is 10.9. The number of alkyl halides is 3. The SMILES string of the molecule is Cc1[nH]ccc1C(=O)N(CCC(F)(F)F)C[C@H](O)CO. The number of halogens is 3. The molecule has 0 aliphatic rings. The van der Waals surface area contributed by atoms with Gasteiger partial charge in [-0.3, -0.25) is 4.79 Å². The lowest BCUT2D eigenvalue weighted by atomic mass is 10.2. The number of aromatic nitrogens is 1. The summed E-state index contributed by atoms with van der Waals surface area (Å²) in [6, 6.07) is 1.46. The summed E-state index contributed by atoms with van der Waals surface area (Å²) in [6.45, 7) is 0.0829. The molecule has 1 heterocycles. The van der Waals surface area contributed by atoms with Gasteiger partial charge in [-0.1, -0.05) is 0 Å². The van der Waals surface area contributed by atoms with Crippen LogP contribution in [-0.4, -0.2) is 58.0 Å². The van der Waals surface area contributed by atoms with Crippen molar-refractivity contribution in [3.05, 3.63) is 23.5 Å². The van der Waals surface area contributed by atoms with E-state index in [2.05, 4.69) is 4.98 Å². The normalized spacial score (nSPS) is 13.3. The molecule has 0 spiro atoms. The van der Waals surface area contributed by atoms with Crippen molar-refractivity contribution in [2.45, 2.75) is 25.6 Å². The molecule has 1 atom stereocenters. The molecule has 1 rings (SSSR count). The Labute approximate surface area is 114 Å². The zero-order chi connectivity index (χ0) is 15.3. The summed E-state index contributed by atoms with van der Waals surface area (Å²) in [7, 11) is 0. The number of carbonyl (C=O) groups excluding carboxylic acids is 1. The van der Waals surface area contributed by atoms with Crippen LogP contribution in [0.2, 0.25) is 0 Å². The predicted molar refractivity (Wildman–Crippen MR) is 65.2 cm³/mol. The highest BCUT2D eigenvalue weighted by atomic mass is 19.4. The number of aliphatic hydroxyl groups excluding tert-OH is 2. The summed E-state index contributed by atoms with van der Waals surface area (Å²) < 4.78 is 36.8. The summed E-state index contributed by atoms with van der Waals surface area (Å²) in [5.41, 5.74) is 0.780. The molecule has 20 heavy (non-hydrogen) atoms. The van der Waals surface area contributed by atoms with Gasteiger partial charge < -0.3 is 20.1 Å². The highest BCUT2D eigenvalue weighted by Gasteiger charge is 2.30. The van der Waals surface area contributed by atoms with Crippen LogP contribution in [0.4, 0.5) is 13.2 Å². The van der Waals surface area contributed by atoms with Gasteiger partial charge in [-0.15, -0.1) is 0 Å². The molecule has 0 aromatic carbocycles. The Kier molecular flexibility index (Phi) is 5.58. The van der Waals surface area contributed by atoms with Crippen LogP contribution in [0.15, 0.2) is 12.3 Å². The first-order valence-corrected chi connectivity index (χ1v) is 6.03. The van der Waals surface area contributed by atoms with E-state index in [4.69, 9.17) is 5.11 Å². The Morgan fingerprint density at radius 1 is 1.50 bits per heavy atom. The summed E-state index contributed by atoms with van der Waals surface area (Å²) >= 11 is 0. The number of rotatable bonds is 6. The molecule has 1 amide bonds. The lowest BCUT2D eigenvalue weighted by Gasteiger charge is -2.25. The molecule has 3 N–H and O–H groups in total. The van der Waals surface area contributed by atoms with E-state index in [0.717, 1.165) is 4.90 Å². The monoisotopic (exact) mass is 294 g/mol. The molecule has 0 aliphatic carbocycles. The molecular formula is C12H17F3N2O3. The molecule has 114 valence electrons. The van der Waals surface area contributed by atoms with E-state index in [-0.39, 0.29) is 12.1 Å². The van der Waals surface area contributed by atoms with E-state index in [0.29, 0.717) is 5.69 Å². The van der Waals surface area contributed by atoms with Crippen LogP contribution in [0.5, 0.6) is 0 Å². The van der Waals surface area contributed by atoms with Gasteiger partial charge in [0.15, 0.2) is 0 Å². The Hall–Kier alpha value is -1.54. The maximum atomic E-state index is 12.3. The minimum atomic E-state index is -4.39. The fourth-order valence-electron chi connectivity index (χ4n) is 1.70. The highest BCUT2D eigenvalue weighted by Crippen LogP contribution is 2.21. The van der Waals surface area contributed by atoms with E-state index in [1.807, 2.05) is 0 Å². The quantitative estimate of drug-likeness (QED) is 0.734. The van der Waals surface area contributed by atoms with Crippen LogP contribution >= 0.6 is 0 Å². The van der Waals surface area contributed by atoms with Crippen molar-refractivity contribution < 1.29 is 28.2 Å². The number of amides is 1. The standard InChI is InChI=1S/C12H17F3N2O3/c1-8-10(2-4-16-8)11(20)17(6-9(19)7-18)5-3-12(13,14)15/h2,4,9,16,18-19H,3,5-7H2,1H3/t9-/m0/s1. The van der Waals surface area contributed by atoms with Crippen LogP contribution < -0.4 is 0 Å². The van der Waals surface area contributed by atoms with E-state index < -0.39 is 37.8 Å². The number of aliphatic hydroxyl groups is 2. The molecule has 5 nitrogen and oxygen atoms in total. The number of aryl methyl sites for hydroxylation is 1. The van der Waals surface area contributed by atoms with Gasteiger partial charge in [-0.05, 0) is 13.0 Å². The zero-order valence-corrected chi connectivity index (χ0v) is 10.9. The number of aromatic amines is 1. The van der Waals surface area contributed by atoms with Crippen molar-refractivity contribution in [3.8, 4) is 0 Å². The van der Waals surface area contributed by atoms with Crippen LogP contribution in [0.1, 0.15) is 22.5 Å². The number of nitrogens with zero attached hydrogens (tertiary/aromatic N) is 1.